The van der Waals surface area contributed by atoms with Gasteiger partial charge in [0, 0.05) is 32.7 Å². The van der Waals surface area contributed by atoms with Gasteiger partial charge in [0.2, 0.25) is 0 Å². The summed E-state index contributed by atoms with van der Waals surface area (Å²) in [5.74, 6) is 2.34. The van der Waals surface area contributed by atoms with Crippen molar-refractivity contribution in [1.29, 1.82) is 0 Å². The summed E-state index contributed by atoms with van der Waals surface area (Å²) in [4.78, 5) is 27.4. The van der Waals surface area contributed by atoms with Crippen LogP contribution in [-0.2, 0) is 4.74 Å². The van der Waals surface area contributed by atoms with Crippen LogP contribution in [0, 0.1) is 5.41 Å². The zero-order valence-electron chi connectivity index (χ0n) is 21.9. The molecule has 0 bridgehead atoms. The third-order valence-electron chi connectivity index (χ3n) is 7.76. The number of ether oxygens (including phenoxy) is 1. The minimum atomic E-state index is -0.527. The van der Waals surface area contributed by atoms with Crippen molar-refractivity contribution in [2.24, 2.45) is 11.1 Å². The maximum absolute atomic E-state index is 13.5. The number of piperidine rings is 1. The number of pyridine rings is 2. The molecule has 3 fully saturated rings. The number of morpholine rings is 1. The summed E-state index contributed by atoms with van der Waals surface area (Å²) in [5.41, 5.74) is 6.30. The first-order valence-corrected chi connectivity index (χ1v) is 13.3. The van der Waals surface area contributed by atoms with Crippen LogP contribution in [0.25, 0.3) is 0 Å². The monoisotopic (exact) mass is 509 g/mol. The number of aromatic nitrogens is 2. The van der Waals surface area contributed by atoms with Gasteiger partial charge in [-0.1, -0.05) is 6.07 Å². The quantitative estimate of drug-likeness (QED) is 0.424. The van der Waals surface area contributed by atoms with Crippen molar-refractivity contribution in [3.8, 4) is 0 Å². The largest absolute Gasteiger partial charge is 0.394 e. The molecule has 5 N–H and O–H groups in total. The predicted molar refractivity (Wildman–Crippen MR) is 145 cm³/mol. The predicted octanol–water partition coefficient (Wildman–Crippen LogP) is 2.46. The molecule has 0 radical (unpaired) electrons. The molecule has 10 nitrogen and oxygen atoms in total. The molecule has 0 aromatic carbocycles. The molecule has 1 aliphatic carbocycles. The van der Waals surface area contributed by atoms with Gasteiger partial charge in [-0.05, 0) is 69.2 Å². The highest BCUT2D eigenvalue weighted by atomic mass is 16.5. The van der Waals surface area contributed by atoms with Crippen molar-refractivity contribution >= 4 is 29.2 Å². The van der Waals surface area contributed by atoms with E-state index < -0.39 is 5.54 Å². The average Bonchev–Trinajstić information content (AvgIpc) is 3.67. The van der Waals surface area contributed by atoms with E-state index in [0.29, 0.717) is 48.1 Å². The van der Waals surface area contributed by atoms with Crippen LogP contribution < -0.4 is 26.2 Å². The molecule has 2 aromatic rings. The van der Waals surface area contributed by atoms with Gasteiger partial charge in [-0.15, -0.1) is 0 Å². The molecule has 3 aliphatic rings. The zero-order valence-corrected chi connectivity index (χ0v) is 21.9. The zero-order chi connectivity index (χ0) is 26.0. The number of rotatable bonds is 8. The maximum Gasteiger partial charge on any atom is 0.260 e. The summed E-state index contributed by atoms with van der Waals surface area (Å²) >= 11 is 0. The number of nitrogens with zero attached hydrogens (tertiary/aromatic N) is 4. The lowest BCUT2D eigenvalue weighted by atomic mass is 9.93. The van der Waals surface area contributed by atoms with Gasteiger partial charge in [0.05, 0.1) is 30.4 Å². The van der Waals surface area contributed by atoms with Crippen molar-refractivity contribution in [2.75, 3.05) is 66.4 Å². The third-order valence-corrected chi connectivity index (χ3v) is 7.76. The number of aliphatic hydroxyl groups excluding tert-OH is 1. The highest BCUT2D eigenvalue weighted by Crippen LogP contribution is 2.54. The highest BCUT2D eigenvalue weighted by Gasteiger charge is 2.45. The van der Waals surface area contributed by atoms with Crippen molar-refractivity contribution in [3.63, 3.8) is 0 Å². The minimum absolute atomic E-state index is 0.0234. The van der Waals surface area contributed by atoms with Gasteiger partial charge in [-0.3, -0.25) is 4.79 Å². The average molecular weight is 510 g/mol. The van der Waals surface area contributed by atoms with E-state index in [1.807, 2.05) is 32.0 Å². The van der Waals surface area contributed by atoms with E-state index in [4.69, 9.17) is 20.4 Å². The Labute approximate surface area is 218 Å². The Bertz CT molecular complexity index is 1110. The van der Waals surface area contributed by atoms with Crippen molar-refractivity contribution in [1.82, 2.24) is 9.97 Å². The summed E-state index contributed by atoms with van der Waals surface area (Å²) in [6.45, 7) is 8.01. The summed E-state index contributed by atoms with van der Waals surface area (Å²) < 4.78 is 5.67. The first-order chi connectivity index (χ1) is 17.8. The number of hydrogen-bond donors (Lipinski definition) is 4. The molecule has 1 amide bonds. The second kappa shape index (κ2) is 10.4. The molecular formula is C27H39N7O3. The fraction of sp³-hybridized carbons (Fsp3) is 0.593. The Morgan fingerprint density at radius 2 is 1.89 bits per heavy atom. The lowest BCUT2D eigenvalue weighted by Gasteiger charge is -2.34. The molecule has 2 saturated heterocycles. The number of carbonyl (C=O) groups excluding carboxylic acids is 1. The molecule has 1 atom stereocenters. The van der Waals surface area contributed by atoms with E-state index >= 15 is 0 Å². The van der Waals surface area contributed by atoms with Crippen LogP contribution in [0.4, 0.5) is 23.3 Å². The second-order valence-corrected chi connectivity index (χ2v) is 11.2. The number of nitrogens with one attached hydrogen (secondary N) is 2. The minimum Gasteiger partial charge on any atom is -0.394 e. The van der Waals surface area contributed by atoms with Gasteiger partial charge < -0.3 is 36.0 Å². The molecule has 1 saturated carbocycles. The molecule has 200 valence electrons. The van der Waals surface area contributed by atoms with Gasteiger partial charge in [0.25, 0.3) is 5.91 Å². The van der Waals surface area contributed by atoms with E-state index in [1.165, 1.54) is 12.8 Å². The number of hydrogen-bond acceptors (Lipinski definition) is 9. The van der Waals surface area contributed by atoms with Crippen LogP contribution >= 0.6 is 0 Å². The van der Waals surface area contributed by atoms with Crippen molar-refractivity contribution in [2.45, 2.75) is 51.2 Å². The molecular weight excluding hydrogens is 470 g/mol. The molecule has 10 heteroatoms. The Morgan fingerprint density at radius 3 is 2.59 bits per heavy atom. The maximum atomic E-state index is 13.5. The third kappa shape index (κ3) is 5.97. The Hall–Kier alpha value is -2.95. The van der Waals surface area contributed by atoms with Crippen molar-refractivity contribution in [3.05, 3.63) is 35.9 Å². The second-order valence-electron chi connectivity index (χ2n) is 11.2. The number of aliphatic hydroxyl groups is 1. The van der Waals surface area contributed by atoms with E-state index in [2.05, 4.69) is 20.4 Å². The Kier molecular flexibility index (Phi) is 7.24. The highest BCUT2D eigenvalue weighted by molar-refractivity contribution is 6.07. The lowest BCUT2D eigenvalue weighted by molar-refractivity contribution is 0.0463. The van der Waals surface area contributed by atoms with E-state index in [9.17, 15) is 9.90 Å². The van der Waals surface area contributed by atoms with Gasteiger partial charge >= 0.3 is 0 Å². The summed E-state index contributed by atoms with van der Waals surface area (Å²) in [7, 11) is 0. The summed E-state index contributed by atoms with van der Waals surface area (Å²) in [6, 6.07) is 9.24. The van der Waals surface area contributed by atoms with E-state index in [-0.39, 0.29) is 18.6 Å². The molecule has 2 aromatic heterocycles. The molecule has 1 spiro atoms. The summed E-state index contributed by atoms with van der Waals surface area (Å²) in [6.07, 6.45) is 4.85. The van der Waals surface area contributed by atoms with E-state index in [0.717, 1.165) is 38.3 Å². The van der Waals surface area contributed by atoms with Crippen LogP contribution in [-0.4, -0.2) is 78.6 Å². The van der Waals surface area contributed by atoms with Crippen LogP contribution in [0.3, 0.4) is 0 Å². The number of nitrogens with two attached hydrogens (primary N) is 1. The fourth-order valence-corrected chi connectivity index (χ4v) is 5.11. The molecule has 2 aliphatic heterocycles. The van der Waals surface area contributed by atoms with Crippen LogP contribution in [0.1, 0.15) is 49.9 Å². The molecule has 4 heterocycles. The SMILES string of the molecule is CC(C)(CO)Nc1ccc(C(=O)Nc2cccc(N3CCOC(CN)C3)n2)c(N2CCC3(CC2)CC3)n1. The smallest absolute Gasteiger partial charge is 0.260 e. The van der Waals surface area contributed by atoms with Gasteiger partial charge in [-0.2, -0.15) is 0 Å². The number of anilines is 4. The van der Waals surface area contributed by atoms with Gasteiger partial charge in [0.15, 0.2) is 0 Å². The topological polar surface area (TPSA) is 129 Å². The van der Waals surface area contributed by atoms with Gasteiger partial charge in [0.1, 0.15) is 23.3 Å². The van der Waals surface area contributed by atoms with Crippen LogP contribution in [0.2, 0.25) is 0 Å². The lowest BCUT2D eigenvalue weighted by Crippen LogP contribution is -2.46. The fourth-order valence-electron chi connectivity index (χ4n) is 5.11. The standard InChI is InChI=1S/C27H39N7O3/c1-26(2,18-35)32-22-7-6-20(24(30-22)33-12-10-27(8-9-27)11-13-33)25(36)31-21-4-3-5-23(29-21)34-14-15-37-19(16-28)17-34/h3-7,19,35H,8-18,28H2,1-2H3,(H,30,32)(H,29,31,36). The normalized spacial score (nSPS) is 21.1. The summed E-state index contributed by atoms with van der Waals surface area (Å²) in [5, 5.41) is 16.0. The van der Waals surface area contributed by atoms with Crippen molar-refractivity contribution < 1.29 is 14.6 Å². The first kappa shape index (κ1) is 25.7. The van der Waals surface area contributed by atoms with Crippen LogP contribution in [0.15, 0.2) is 30.3 Å². The number of carbonyl (C=O) groups is 1. The Morgan fingerprint density at radius 1 is 1.11 bits per heavy atom. The first-order valence-electron chi connectivity index (χ1n) is 13.3. The number of amides is 1. The molecule has 37 heavy (non-hydrogen) atoms. The Balaban J connectivity index is 1.36. The van der Waals surface area contributed by atoms with Crippen LogP contribution in [0.5, 0.6) is 0 Å². The van der Waals surface area contributed by atoms with Gasteiger partial charge in [-0.25, -0.2) is 9.97 Å². The molecule has 5 rings (SSSR count). The molecule has 1 unspecified atom stereocenters. The van der Waals surface area contributed by atoms with E-state index in [1.54, 1.807) is 12.1 Å².